The topological polar surface area (TPSA) is 70.5 Å². The number of ether oxygens (including phenoxy) is 2. The van der Waals surface area contributed by atoms with Crippen LogP contribution in [-0.4, -0.2) is 0 Å². The Balaban J connectivity index is 1.28. The van der Waals surface area contributed by atoms with Crippen LogP contribution in [0.25, 0.3) is 0 Å². The highest BCUT2D eigenvalue weighted by Gasteiger charge is 2.39. The van der Waals surface area contributed by atoms with Crippen molar-refractivity contribution < 1.29 is 9.47 Å². The zero-order valence-corrected chi connectivity index (χ0v) is 25.3. The van der Waals surface area contributed by atoms with Crippen LogP contribution in [0.15, 0.2) is 109 Å². The fourth-order valence-corrected chi connectivity index (χ4v) is 6.54. The Morgan fingerprint density at radius 3 is 1.42 bits per heavy atom. The summed E-state index contributed by atoms with van der Waals surface area (Å²) in [6.07, 6.45) is 4.41. The van der Waals surface area contributed by atoms with Gasteiger partial charge in [-0.3, -0.25) is 0 Å². The summed E-state index contributed by atoms with van der Waals surface area (Å²) in [5.74, 6) is 3.86. The van der Waals surface area contributed by atoms with E-state index in [1.807, 2.05) is 50.2 Å². The van der Waals surface area contributed by atoms with Gasteiger partial charge in [0.25, 0.3) is 0 Å². The zero-order valence-electron chi connectivity index (χ0n) is 25.3. The average Bonchev–Trinajstić information content (AvgIpc) is 3.01. The van der Waals surface area contributed by atoms with E-state index in [1.54, 1.807) is 0 Å². The molecule has 0 unspecified atom stereocenters. The van der Waals surface area contributed by atoms with Gasteiger partial charge in [0.2, 0.25) is 0 Å². The van der Waals surface area contributed by atoms with E-state index in [4.69, 9.17) is 20.9 Å². The minimum Gasteiger partial charge on any atom is -0.457 e. The Hall–Kier alpha value is -4.70. The highest BCUT2D eigenvalue weighted by molar-refractivity contribution is 5.51. The molecule has 0 aliphatic heterocycles. The van der Waals surface area contributed by atoms with Crippen LogP contribution in [0.3, 0.4) is 0 Å². The molecule has 0 amide bonds. The predicted octanol–water partition coefficient (Wildman–Crippen LogP) is 10.0. The average molecular weight is 569 g/mol. The van der Waals surface area contributed by atoms with Crippen molar-refractivity contribution in [2.45, 2.75) is 57.8 Å². The van der Waals surface area contributed by atoms with Crippen molar-refractivity contribution in [3.8, 4) is 23.0 Å². The fourth-order valence-electron chi connectivity index (χ4n) is 6.54. The third kappa shape index (κ3) is 6.10. The molecule has 1 saturated carbocycles. The maximum Gasteiger partial charge on any atom is 0.130 e. The summed E-state index contributed by atoms with van der Waals surface area (Å²) in [5, 5.41) is 0. The SMILES string of the molecule is Cc1ccc(C2CCC(c3ccc(Oc4ccc(N)cc4C)cc3)(c3ccc(Oc4ccc(N)cc4C)cc3)CC2)cc1. The molecule has 4 nitrogen and oxygen atoms in total. The van der Waals surface area contributed by atoms with Crippen LogP contribution in [0.5, 0.6) is 23.0 Å². The lowest BCUT2D eigenvalue weighted by atomic mass is 9.62. The molecule has 43 heavy (non-hydrogen) atoms. The zero-order chi connectivity index (χ0) is 30.0. The maximum atomic E-state index is 6.24. The molecular formula is C39H40N2O2. The van der Waals surface area contributed by atoms with Gasteiger partial charge in [0.1, 0.15) is 23.0 Å². The second-order valence-electron chi connectivity index (χ2n) is 12.1. The Kier molecular flexibility index (Phi) is 7.86. The van der Waals surface area contributed by atoms with Crippen LogP contribution in [0.1, 0.15) is 65.0 Å². The van der Waals surface area contributed by atoms with Crippen molar-refractivity contribution in [1.29, 1.82) is 0 Å². The highest BCUT2D eigenvalue weighted by atomic mass is 16.5. The number of rotatable bonds is 7. The quantitative estimate of drug-likeness (QED) is 0.192. The normalized spacial score (nSPS) is 14.8. The first-order valence-electron chi connectivity index (χ1n) is 15.1. The molecule has 1 aliphatic carbocycles. The highest BCUT2D eigenvalue weighted by Crippen LogP contribution is 2.49. The van der Waals surface area contributed by atoms with Gasteiger partial charge in [-0.05, 0) is 141 Å². The van der Waals surface area contributed by atoms with Gasteiger partial charge in [-0.15, -0.1) is 0 Å². The molecule has 0 spiro atoms. The second-order valence-corrected chi connectivity index (χ2v) is 12.1. The smallest absolute Gasteiger partial charge is 0.130 e. The molecule has 5 aromatic carbocycles. The van der Waals surface area contributed by atoms with Crippen molar-refractivity contribution in [3.05, 3.63) is 143 Å². The third-order valence-electron chi connectivity index (χ3n) is 9.06. The van der Waals surface area contributed by atoms with E-state index < -0.39 is 0 Å². The molecule has 5 aromatic rings. The van der Waals surface area contributed by atoms with Crippen molar-refractivity contribution in [2.24, 2.45) is 0 Å². The van der Waals surface area contributed by atoms with Gasteiger partial charge in [-0.2, -0.15) is 0 Å². The molecule has 218 valence electrons. The summed E-state index contributed by atoms with van der Waals surface area (Å²) < 4.78 is 12.5. The third-order valence-corrected chi connectivity index (χ3v) is 9.06. The molecule has 0 saturated heterocycles. The molecule has 4 N–H and O–H groups in total. The van der Waals surface area contributed by atoms with Gasteiger partial charge in [0.15, 0.2) is 0 Å². The van der Waals surface area contributed by atoms with E-state index in [1.165, 1.54) is 22.3 Å². The van der Waals surface area contributed by atoms with Crippen LogP contribution in [0.4, 0.5) is 11.4 Å². The van der Waals surface area contributed by atoms with E-state index in [9.17, 15) is 0 Å². The molecule has 0 atom stereocenters. The first kappa shape index (κ1) is 28.4. The van der Waals surface area contributed by atoms with Gasteiger partial charge in [-0.25, -0.2) is 0 Å². The van der Waals surface area contributed by atoms with Gasteiger partial charge in [0.05, 0.1) is 0 Å². The number of nitrogen functional groups attached to an aromatic ring is 2. The molecule has 0 bridgehead atoms. The summed E-state index contributed by atoms with van der Waals surface area (Å²) in [6, 6.07) is 38.0. The van der Waals surface area contributed by atoms with E-state index in [2.05, 4.69) is 79.7 Å². The first-order chi connectivity index (χ1) is 20.8. The lowest BCUT2D eigenvalue weighted by molar-refractivity contribution is 0.314. The molecular weight excluding hydrogens is 528 g/mol. The molecule has 0 radical (unpaired) electrons. The molecule has 6 rings (SSSR count). The van der Waals surface area contributed by atoms with E-state index in [0.717, 1.165) is 71.2 Å². The van der Waals surface area contributed by atoms with E-state index in [0.29, 0.717) is 5.92 Å². The van der Waals surface area contributed by atoms with E-state index >= 15 is 0 Å². The van der Waals surface area contributed by atoms with Crippen molar-refractivity contribution in [1.82, 2.24) is 0 Å². The second kappa shape index (κ2) is 11.9. The van der Waals surface area contributed by atoms with Gasteiger partial charge < -0.3 is 20.9 Å². The Labute approximate surface area is 255 Å². The summed E-state index contributed by atoms with van der Waals surface area (Å²) in [7, 11) is 0. The summed E-state index contributed by atoms with van der Waals surface area (Å²) in [5.41, 5.74) is 20.7. The molecule has 0 heterocycles. The Morgan fingerprint density at radius 1 is 0.558 bits per heavy atom. The molecule has 1 aliphatic rings. The van der Waals surface area contributed by atoms with Gasteiger partial charge >= 0.3 is 0 Å². The largest absolute Gasteiger partial charge is 0.457 e. The van der Waals surface area contributed by atoms with Crippen LogP contribution in [0.2, 0.25) is 0 Å². The van der Waals surface area contributed by atoms with E-state index in [-0.39, 0.29) is 5.41 Å². The minimum absolute atomic E-state index is 0.0908. The number of nitrogens with two attached hydrogens (primary N) is 2. The summed E-state index contributed by atoms with van der Waals surface area (Å²) in [6.45, 7) is 6.19. The number of hydrogen-bond acceptors (Lipinski definition) is 4. The van der Waals surface area contributed by atoms with Gasteiger partial charge in [0, 0.05) is 16.8 Å². The lowest BCUT2D eigenvalue weighted by Gasteiger charge is -2.41. The maximum absolute atomic E-state index is 6.24. The number of anilines is 2. The monoisotopic (exact) mass is 568 g/mol. The molecule has 4 heteroatoms. The van der Waals surface area contributed by atoms with Crippen LogP contribution in [0, 0.1) is 20.8 Å². The molecule has 1 fully saturated rings. The van der Waals surface area contributed by atoms with Crippen molar-refractivity contribution in [2.75, 3.05) is 11.5 Å². The lowest BCUT2D eigenvalue weighted by Crippen LogP contribution is -2.32. The van der Waals surface area contributed by atoms with Crippen molar-refractivity contribution in [3.63, 3.8) is 0 Å². The number of hydrogen-bond donors (Lipinski definition) is 2. The van der Waals surface area contributed by atoms with Gasteiger partial charge in [-0.1, -0.05) is 54.1 Å². The molecule has 0 aromatic heterocycles. The minimum atomic E-state index is -0.0908. The van der Waals surface area contributed by atoms with Crippen LogP contribution >= 0.6 is 0 Å². The number of aryl methyl sites for hydroxylation is 3. The Morgan fingerprint density at radius 2 is 1.00 bits per heavy atom. The Bertz CT molecular complexity index is 1600. The standard InChI is InChI=1S/C39H40N2O2/c1-26-4-6-29(7-5-26)30-20-22-39(23-21-30,31-8-14-35(15-9-31)42-37-18-12-33(40)24-27(37)2)32-10-16-36(17-11-32)43-38-19-13-34(41)25-28(38)3/h4-19,24-25,30H,20-23,40-41H2,1-3H3. The summed E-state index contributed by atoms with van der Waals surface area (Å²) in [4.78, 5) is 0. The van der Waals surface area contributed by atoms with Crippen LogP contribution in [-0.2, 0) is 5.41 Å². The van der Waals surface area contributed by atoms with Crippen molar-refractivity contribution >= 4 is 11.4 Å². The predicted molar refractivity (Wildman–Crippen MR) is 177 cm³/mol. The fraction of sp³-hybridized carbons (Fsp3) is 0.231. The number of benzene rings is 5. The first-order valence-corrected chi connectivity index (χ1v) is 15.1. The van der Waals surface area contributed by atoms with Crippen LogP contribution < -0.4 is 20.9 Å². The summed E-state index contributed by atoms with van der Waals surface area (Å²) >= 11 is 0.